The second-order valence-corrected chi connectivity index (χ2v) is 5.72. The standard InChI is InChI=1S/C15H26N2O2/c1-19-11-12-6-8-17(9-7-12)15(18)14-5-3-2-4-13(14)10-16/h6,13-14H,2-5,7-11,16H2,1H3. The van der Waals surface area contributed by atoms with Crippen LogP contribution in [0.1, 0.15) is 32.1 Å². The van der Waals surface area contributed by atoms with E-state index in [4.69, 9.17) is 10.5 Å². The molecule has 0 aromatic heterocycles. The number of hydrogen-bond acceptors (Lipinski definition) is 3. The topological polar surface area (TPSA) is 55.6 Å². The zero-order chi connectivity index (χ0) is 13.7. The second kappa shape index (κ2) is 7.06. The van der Waals surface area contributed by atoms with Crippen molar-refractivity contribution in [1.82, 2.24) is 4.90 Å². The van der Waals surface area contributed by atoms with Crippen LogP contribution in [-0.2, 0) is 9.53 Å². The van der Waals surface area contributed by atoms with E-state index in [-0.39, 0.29) is 5.92 Å². The largest absolute Gasteiger partial charge is 0.380 e. The first-order valence-corrected chi connectivity index (χ1v) is 7.42. The maximum absolute atomic E-state index is 12.6. The highest BCUT2D eigenvalue weighted by Crippen LogP contribution is 2.31. The molecule has 2 atom stereocenters. The molecule has 1 amide bonds. The molecule has 0 radical (unpaired) electrons. The van der Waals surface area contributed by atoms with Crippen molar-refractivity contribution in [2.24, 2.45) is 17.6 Å². The number of nitrogens with zero attached hydrogens (tertiary/aromatic N) is 1. The molecule has 0 bridgehead atoms. The first-order valence-electron chi connectivity index (χ1n) is 7.42. The molecule has 1 heterocycles. The number of methoxy groups -OCH3 is 1. The number of carbonyl (C=O) groups excluding carboxylic acids is 1. The molecular formula is C15H26N2O2. The van der Waals surface area contributed by atoms with Crippen LogP contribution in [0.25, 0.3) is 0 Å². The van der Waals surface area contributed by atoms with Crippen molar-refractivity contribution in [3.05, 3.63) is 11.6 Å². The zero-order valence-corrected chi connectivity index (χ0v) is 11.9. The Hall–Kier alpha value is -0.870. The van der Waals surface area contributed by atoms with Crippen molar-refractivity contribution in [3.63, 3.8) is 0 Å². The lowest BCUT2D eigenvalue weighted by molar-refractivity contribution is -0.138. The number of nitrogens with two attached hydrogens (primary N) is 1. The van der Waals surface area contributed by atoms with Crippen LogP contribution in [0.5, 0.6) is 0 Å². The number of carbonyl (C=O) groups is 1. The summed E-state index contributed by atoms with van der Waals surface area (Å²) < 4.78 is 5.14. The van der Waals surface area contributed by atoms with Crippen LogP contribution in [0.15, 0.2) is 11.6 Å². The fourth-order valence-corrected chi connectivity index (χ4v) is 3.28. The third-order valence-corrected chi connectivity index (χ3v) is 4.47. The van der Waals surface area contributed by atoms with Gasteiger partial charge >= 0.3 is 0 Å². The Morgan fingerprint density at radius 1 is 1.47 bits per heavy atom. The highest BCUT2D eigenvalue weighted by atomic mass is 16.5. The lowest BCUT2D eigenvalue weighted by Gasteiger charge is -2.35. The highest BCUT2D eigenvalue weighted by Gasteiger charge is 2.33. The van der Waals surface area contributed by atoms with Gasteiger partial charge in [0, 0.05) is 26.1 Å². The van der Waals surface area contributed by atoms with Gasteiger partial charge in [0.2, 0.25) is 5.91 Å². The van der Waals surface area contributed by atoms with Gasteiger partial charge in [0.05, 0.1) is 6.61 Å². The van der Waals surface area contributed by atoms with E-state index in [9.17, 15) is 4.79 Å². The molecule has 1 aliphatic carbocycles. The highest BCUT2D eigenvalue weighted by molar-refractivity contribution is 5.79. The molecule has 2 aliphatic rings. The van der Waals surface area contributed by atoms with E-state index in [0.29, 0.717) is 25.0 Å². The maximum Gasteiger partial charge on any atom is 0.226 e. The van der Waals surface area contributed by atoms with Crippen molar-refractivity contribution in [2.75, 3.05) is 33.4 Å². The third-order valence-electron chi connectivity index (χ3n) is 4.47. The monoisotopic (exact) mass is 266 g/mol. The molecule has 1 saturated carbocycles. The van der Waals surface area contributed by atoms with Gasteiger partial charge in [0.25, 0.3) is 0 Å². The van der Waals surface area contributed by atoms with Gasteiger partial charge < -0.3 is 15.4 Å². The Bertz CT molecular complexity index is 341. The Morgan fingerprint density at radius 3 is 2.89 bits per heavy atom. The van der Waals surface area contributed by atoms with Crippen LogP contribution in [-0.4, -0.2) is 44.2 Å². The SMILES string of the molecule is COCC1=CCN(C(=O)C2CCCCC2CN)CC1. The van der Waals surface area contributed by atoms with Gasteiger partial charge in [-0.3, -0.25) is 4.79 Å². The summed E-state index contributed by atoms with van der Waals surface area (Å²) in [5.74, 6) is 0.879. The van der Waals surface area contributed by atoms with Crippen molar-refractivity contribution < 1.29 is 9.53 Å². The van der Waals surface area contributed by atoms with E-state index in [1.54, 1.807) is 7.11 Å². The van der Waals surface area contributed by atoms with Crippen LogP contribution in [0.2, 0.25) is 0 Å². The van der Waals surface area contributed by atoms with Crippen LogP contribution in [0.3, 0.4) is 0 Å². The lowest BCUT2D eigenvalue weighted by atomic mass is 9.78. The minimum atomic E-state index is 0.163. The van der Waals surface area contributed by atoms with E-state index in [1.807, 2.05) is 4.90 Å². The molecule has 4 heteroatoms. The van der Waals surface area contributed by atoms with E-state index < -0.39 is 0 Å². The molecule has 19 heavy (non-hydrogen) atoms. The smallest absolute Gasteiger partial charge is 0.226 e. The van der Waals surface area contributed by atoms with Gasteiger partial charge in [-0.25, -0.2) is 0 Å². The molecule has 2 N–H and O–H groups in total. The fourth-order valence-electron chi connectivity index (χ4n) is 3.28. The van der Waals surface area contributed by atoms with Crippen molar-refractivity contribution >= 4 is 5.91 Å². The van der Waals surface area contributed by atoms with E-state index in [0.717, 1.165) is 32.4 Å². The van der Waals surface area contributed by atoms with E-state index in [1.165, 1.54) is 18.4 Å². The predicted octanol–water partition coefficient (Wildman–Crippen LogP) is 1.56. The molecule has 0 spiro atoms. The summed E-state index contributed by atoms with van der Waals surface area (Å²) in [4.78, 5) is 14.6. The van der Waals surface area contributed by atoms with Crippen LogP contribution in [0, 0.1) is 11.8 Å². The first-order chi connectivity index (χ1) is 9.26. The molecular weight excluding hydrogens is 240 g/mol. The van der Waals surface area contributed by atoms with Crippen LogP contribution < -0.4 is 5.73 Å². The number of ether oxygens (including phenoxy) is 1. The Kier molecular flexibility index (Phi) is 5.40. The lowest BCUT2D eigenvalue weighted by Crippen LogP contribution is -2.44. The fraction of sp³-hybridized carbons (Fsp3) is 0.800. The molecule has 108 valence electrons. The quantitative estimate of drug-likeness (QED) is 0.786. The normalized spacial score (nSPS) is 28.1. The van der Waals surface area contributed by atoms with Gasteiger partial charge in [0.1, 0.15) is 0 Å². The summed E-state index contributed by atoms with van der Waals surface area (Å²) >= 11 is 0. The van der Waals surface area contributed by atoms with E-state index >= 15 is 0 Å². The summed E-state index contributed by atoms with van der Waals surface area (Å²) in [6.45, 7) is 2.92. The van der Waals surface area contributed by atoms with Crippen molar-refractivity contribution in [2.45, 2.75) is 32.1 Å². The Balaban J connectivity index is 1.93. The van der Waals surface area contributed by atoms with E-state index in [2.05, 4.69) is 6.08 Å². The summed E-state index contributed by atoms with van der Waals surface area (Å²) in [5, 5.41) is 0. The molecule has 0 saturated heterocycles. The van der Waals surface area contributed by atoms with Crippen molar-refractivity contribution in [3.8, 4) is 0 Å². The molecule has 2 rings (SSSR count). The van der Waals surface area contributed by atoms with Gasteiger partial charge in [-0.05, 0) is 37.3 Å². The molecule has 1 fully saturated rings. The Labute approximate surface area is 116 Å². The van der Waals surface area contributed by atoms with Gasteiger partial charge in [-0.15, -0.1) is 0 Å². The van der Waals surface area contributed by atoms with Gasteiger partial charge in [-0.2, -0.15) is 0 Å². The van der Waals surface area contributed by atoms with Crippen LogP contribution in [0.4, 0.5) is 0 Å². The van der Waals surface area contributed by atoms with Crippen molar-refractivity contribution in [1.29, 1.82) is 0 Å². The molecule has 0 aromatic rings. The van der Waals surface area contributed by atoms with Crippen LogP contribution >= 0.6 is 0 Å². The number of hydrogen-bond donors (Lipinski definition) is 1. The maximum atomic E-state index is 12.6. The first kappa shape index (κ1) is 14.5. The summed E-state index contributed by atoms with van der Waals surface area (Å²) in [7, 11) is 1.71. The van der Waals surface area contributed by atoms with Gasteiger partial charge in [-0.1, -0.05) is 18.9 Å². The van der Waals surface area contributed by atoms with Gasteiger partial charge in [0.15, 0.2) is 0 Å². The predicted molar refractivity (Wildman–Crippen MR) is 75.7 cm³/mol. The third kappa shape index (κ3) is 3.57. The minimum absolute atomic E-state index is 0.163. The summed E-state index contributed by atoms with van der Waals surface area (Å²) in [6, 6.07) is 0. The molecule has 1 aliphatic heterocycles. The average molecular weight is 266 g/mol. The Morgan fingerprint density at radius 2 is 2.26 bits per heavy atom. The zero-order valence-electron chi connectivity index (χ0n) is 11.9. The minimum Gasteiger partial charge on any atom is -0.380 e. The average Bonchev–Trinajstić information content (AvgIpc) is 2.47. The molecule has 2 unspecified atom stereocenters. The molecule has 0 aromatic carbocycles. The number of amides is 1. The summed E-state index contributed by atoms with van der Waals surface area (Å²) in [6.07, 6.45) is 7.62. The second-order valence-electron chi connectivity index (χ2n) is 5.72. The number of rotatable bonds is 4. The summed E-state index contributed by atoms with van der Waals surface area (Å²) in [5.41, 5.74) is 7.13. The molecule has 4 nitrogen and oxygen atoms in total.